The van der Waals surface area contributed by atoms with E-state index in [2.05, 4.69) is 55.7 Å². The number of fused-ring (bicyclic) bond motifs is 1. The highest BCUT2D eigenvalue weighted by molar-refractivity contribution is 5.82. The van der Waals surface area contributed by atoms with Crippen molar-refractivity contribution >= 4 is 17.0 Å². The Hall–Kier alpha value is -3.42. The van der Waals surface area contributed by atoms with Crippen molar-refractivity contribution in [3.8, 4) is 6.01 Å². The molecule has 1 aromatic carbocycles. The van der Waals surface area contributed by atoms with Gasteiger partial charge in [0.1, 0.15) is 5.82 Å². The minimum Gasteiger partial charge on any atom is -0.463 e. The molecule has 0 unspecified atom stereocenters. The molecule has 8 nitrogen and oxygen atoms in total. The summed E-state index contributed by atoms with van der Waals surface area (Å²) in [6.07, 6.45) is 7.56. The summed E-state index contributed by atoms with van der Waals surface area (Å²) >= 11 is 0. The number of hydrogen-bond donors (Lipinski definition) is 1. The Morgan fingerprint density at radius 2 is 1.93 bits per heavy atom. The number of aromatic nitrogens is 6. The van der Waals surface area contributed by atoms with Gasteiger partial charge in [-0.1, -0.05) is 37.6 Å². The predicted molar refractivity (Wildman–Crippen MR) is 112 cm³/mol. The van der Waals surface area contributed by atoms with Gasteiger partial charge in [-0.15, -0.1) is 0 Å². The third-order valence-electron chi connectivity index (χ3n) is 4.78. The SMILES string of the molecule is CCCCOc1nc(N)c2nc(C)n(Cc3cccc(Cn4ccnc4)c3)c2n1. The second-order valence-electron chi connectivity index (χ2n) is 7.07. The number of ether oxygens (including phenoxy) is 1. The van der Waals surface area contributed by atoms with Crippen molar-refractivity contribution in [1.29, 1.82) is 0 Å². The minimum absolute atomic E-state index is 0.304. The molecule has 0 bridgehead atoms. The molecule has 0 aliphatic carbocycles. The number of rotatable bonds is 8. The van der Waals surface area contributed by atoms with Crippen molar-refractivity contribution in [2.45, 2.75) is 39.8 Å². The molecule has 0 fully saturated rings. The van der Waals surface area contributed by atoms with E-state index in [0.29, 0.717) is 36.1 Å². The lowest BCUT2D eigenvalue weighted by molar-refractivity contribution is 0.286. The van der Waals surface area contributed by atoms with Crippen molar-refractivity contribution in [1.82, 2.24) is 29.1 Å². The largest absolute Gasteiger partial charge is 0.463 e. The highest BCUT2D eigenvalue weighted by atomic mass is 16.5. The maximum atomic E-state index is 6.12. The van der Waals surface area contributed by atoms with Crippen LogP contribution in [0.4, 0.5) is 5.82 Å². The van der Waals surface area contributed by atoms with Gasteiger partial charge in [0.15, 0.2) is 17.0 Å². The van der Waals surface area contributed by atoms with E-state index in [1.165, 1.54) is 5.56 Å². The Balaban J connectivity index is 1.62. The molecule has 0 radical (unpaired) electrons. The Bertz CT molecular complexity index is 1100. The monoisotopic (exact) mass is 391 g/mol. The lowest BCUT2D eigenvalue weighted by atomic mass is 10.1. The van der Waals surface area contributed by atoms with E-state index >= 15 is 0 Å². The third kappa shape index (κ3) is 4.21. The molecular weight excluding hydrogens is 366 g/mol. The first-order valence-electron chi connectivity index (χ1n) is 9.80. The summed E-state index contributed by atoms with van der Waals surface area (Å²) in [6.45, 7) is 6.06. The number of nitrogens with zero attached hydrogens (tertiary/aromatic N) is 6. The van der Waals surface area contributed by atoms with Crippen LogP contribution in [0.15, 0.2) is 43.0 Å². The molecule has 3 aromatic heterocycles. The summed E-state index contributed by atoms with van der Waals surface area (Å²) in [5, 5.41) is 0. The van der Waals surface area contributed by atoms with Crippen molar-refractivity contribution in [3.05, 3.63) is 59.9 Å². The Morgan fingerprint density at radius 3 is 2.69 bits per heavy atom. The van der Waals surface area contributed by atoms with E-state index in [-0.39, 0.29) is 0 Å². The summed E-state index contributed by atoms with van der Waals surface area (Å²) in [4.78, 5) is 17.5. The lowest BCUT2D eigenvalue weighted by Gasteiger charge is -2.10. The van der Waals surface area contributed by atoms with Crippen molar-refractivity contribution < 1.29 is 4.74 Å². The summed E-state index contributed by atoms with van der Waals surface area (Å²) in [5.41, 5.74) is 9.80. The van der Waals surface area contributed by atoms with Gasteiger partial charge in [-0.3, -0.25) is 0 Å². The van der Waals surface area contributed by atoms with Crippen LogP contribution in [0.5, 0.6) is 6.01 Å². The molecular formula is C21H25N7O. The van der Waals surface area contributed by atoms with E-state index in [0.717, 1.165) is 30.8 Å². The number of hydrogen-bond acceptors (Lipinski definition) is 6. The maximum Gasteiger partial charge on any atom is 0.320 e. The number of benzene rings is 1. The predicted octanol–water partition coefficient (Wildman–Crippen LogP) is 3.19. The number of nitrogen functional groups attached to an aromatic ring is 1. The zero-order chi connectivity index (χ0) is 20.2. The number of aryl methyl sites for hydroxylation is 1. The van der Waals surface area contributed by atoms with Crippen molar-refractivity contribution in [2.24, 2.45) is 0 Å². The van der Waals surface area contributed by atoms with E-state index in [9.17, 15) is 0 Å². The van der Waals surface area contributed by atoms with Gasteiger partial charge in [0.25, 0.3) is 0 Å². The van der Waals surface area contributed by atoms with Crippen molar-refractivity contribution in [3.63, 3.8) is 0 Å². The minimum atomic E-state index is 0.304. The van der Waals surface area contributed by atoms with E-state index < -0.39 is 0 Å². The van der Waals surface area contributed by atoms with Crippen LogP contribution in [0, 0.1) is 6.92 Å². The van der Waals surface area contributed by atoms with Crippen LogP contribution in [0.3, 0.4) is 0 Å². The van der Waals surface area contributed by atoms with Gasteiger partial charge in [-0.25, -0.2) is 9.97 Å². The van der Waals surface area contributed by atoms with Crippen molar-refractivity contribution in [2.75, 3.05) is 12.3 Å². The fourth-order valence-corrected chi connectivity index (χ4v) is 3.27. The highest BCUT2D eigenvalue weighted by Crippen LogP contribution is 2.23. The van der Waals surface area contributed by atoms with Crippen LogP contribution < -0.4 is 10.5 Å². The molecule has 150 valence electrons. The molecule has 0 amide bonds. The topological polar surface area (TPSA) is 96.7 Å². The van der Waals surface area contributed by atoms with Gasteiger partial charge in [0.05, 0.1) is 19.5 Å². The summed E-state index contributed by atoms with van der Waals surface area (Å²) in [7, 11) is 0. The third-order valence-corrected chi connectivity index (χ3v) is 4.78. The van der Waals surface area contributed by atoms with E-state index in [1.54, 1.807) is 6.20 Å². The van der Waals surface area contributed by atoms with Crippen LogP contribution in [0.2, 0.25) is 0 Å². The molecule has 2 N–H and O–H groups in total. The second-order valence-corrected chi connectivity index (χ2v) is 7.07. The molecule has 0 aliphatic rings. The normalized spacial score (nSPS) is 11.2. The van der Waals surface area contributed by atoms with Crippen LogP contribution >= 0.6 is 0 Å². The second kappa shape index (κ2) is 8.30. The average Bonchev–Trinajstić information content (AvgIpc) is 3.32. The number of unbranched alkanes of at least 4 members (excludes halogenated alkanes) is 1. The van der Waals surface area contributed by atoms with Crippen LogP contribution in [-0.2, 0) is 13.1 Å². The first-order valence-corrected chi connectivity index (χ1v) is 9.80. The first-order chi connectivity index (χ1) is 14.1. The quantitative estimate of drug-likeness (QED) is 0.463. The van der Waals surface area contributed by atoms with Gasteiger partial charge in [-0.05, 0) is 24.5 Å². The molecule has 4 rings (SSSR count). The average molecular weight is 391 g/mol. The zero-order valence-corrected chi connectivity index (χ0v) is 16.7. The lowest BCUT2D eigenvalue weighted by Crippen LogP contribution is -2.07. The Kier molecular flexibility index (Phi) is 5.41. The zero-order valence-electron chi connectivity index (χ0n) is 16.7. The number of nitrogens with two attached hydrogens (primary N) is 1. The molecule has 4 aromatic rings. The molecule has 8 heteroatoms. The number of anilines is 1. The molecule has 0 saturated heterocycles. The van der Waals surface area contributed by atoms with Gasteiger partial charge in [0, 0.05) is 18.9 Å². The van der Waals surface area contributed by atoms with E-state index in [1.807, 2.05) is 24.0 Å². The molecule has 0 spiro atoms. The first kappa shape index (κ1) is 18.9. The summed E-state index contributed by atoms with van der Waals surface area (Å²) in [6, 6.07) is 8.78. The highest BCUT2D eigenvalue weighted by Gasteiger charge is 2.15. The molecule has 0 aliphatic heterocycles. The fraction of sp³-hybridized carbons (Fsp3) is 0.333. The maximum absolute atomic E-state index is 6.12. The summed E-state index contributed by atoms with van der Waals surface area (Å²) < 4.78 is 9.77. The standard InChI is InChI=1S/C21H25N7O/c1-3-4-10-29-21-25-19(22)18-20(26-21)28(15(2)24-18)13-17-7-5-6-16(11-17)12-27-9-8-23-14-27/h5-9,11,14H,3-4,10,12-13H2,1-2H3,(H2,22,25,26). The smallest absolute Gasteiger partial charge is 0.320 e. The molecule has 0 saturated carbocycles. The van der Waals surface area contributed by atoms with Gasteiger partial charge >= 0.3 is 6.01 Å². The Labute approximate surface area is 169 Å². The number of imidazole rings is 2. The Morgan fingerprint density at radius 1 is 1.10 bits per heavy atom. The fourth-order valence-electron chi connectivity index (χ4n) is 3.27. The van der Waals surface area contributed by atoms with Crippen LogP contribution in [0.25, 0.3) is 11.2 Å². The van der Waals surface area contributed by atoms with Gasteiger partial charge in [0.2, 0.25) is 0 Å². The van der Waals surface area contributed by atoms with E-state index in [4.69, 9.17) is 10.5 Å². The molecule has 29 heavy (non-hydrogen) atoms. The van der Waals surface area contributed by atoms with Gasteiger partial charge in [-0.2, -0.15) is 9.97 Å². The van der Waals surface area contributed by atoms with Crippen LogP contribution in [0.1, 0.15) is 36.7 Å². The molecule has 3 heterocycles. The summed E-state index contributed by atoms with van der Waals surface area (Å²) in [5.74, 6) is 1.18. The van der Waals surface area contributed by atoms with Gasteiger partial charge < -0.3 is 19.6 Å². The van der Waals surface area contributed by atoms with Crippen LogP contribution in [-0.4, -0.2) is 35.7 Å². The molecule has 0 atom stereocenters.